The topological polar surface area (TPSA) is 94.6 Å². The molecule has 2 aromatic rings. The van der Waals surface area contributed by atoms with Gasteiger partial charge in [-0.2, -0.15) is 5.26 Å². The number of primary amides is 1. The highest BCUT2D eigenvalue weighted by atomic mass is 16.5. The van der Waals surface area contributed by atoms with E-state index in [4.69, 9.17) is 25.2 Å². The van der Waals surface area contributed by atoms with E-state index < -0.39 is 5.91 Å². The standard InChI is InChI=1S/C21H22N2O4/c1-3-25-20-13-16(12-17(14-22)21(23)24)6-9-19(20)27-11-10-26-18-7-4-15(2)5-8-18/h4-9,12-13H,3,10-11H2,1-2H3,(H2,23,24). The molecule has 2 N–H and O–H groups in total. The lowest BCUT2D eigenvalue weighted by Crippen LogP contribution is -2.12. The third-order valence-corrected chi connectivity index (χ3v) is 3.60. The summed E-state index contributed by atoms with van der Waals surface area (Å²) in [7, 11) is 0. The Morgan fingerprint density at radius 2 is 1.78 bits per heavy atom. The minimum absolute atomic E-state index is 0.127. The molecule has 0 aromatic heterocycles. The van der Waals surface area contributed by atoms with Gasteiger partial charge in [0, 0.05) is 0 Å². The average molecular weight is 366 g/mol. The summed E-state index contributed by atoms with van der Waals surface area (Å²) in [6.45, 7) is 5.05. The molecule has 0 fully saturated rings. The first-order chi connectivity index (χ1) is 13.0. The summed E-state index contributed by atoms with van der Waals surface area (Å²) in [5.74, 6) is 1.08. The van der Waals surface area contributed by atoms with Crippen LogP contribution in [-0.4, -0.2) is 25.7 Å². The van der Waals surface area contributed by atoms with Gasteiger partial charge in [0.15, 0.2) is 11.5 Å². The molecule has 1 amide bonds. The Balaban J connectivity index is 2.02. The average Bonchev–Trinajstić information content (AvgIpc) is 2.66. The number of carbonyl (C=O) groups excluding carboxylic acids is 1. The zero-order valence-electron chi connectivity index (χ0n) is 15.4. The molecule has 6 nitrogen and oxygen atoms in total. The second kappa shape index (κ2) is 9.88. The first kappa shape index (κ1) is 19.9. The number of hydrogen-bond acceptors (Lipinski definition) is 5. The zero-order valence-corrected chi connectivity index (χ0v) is 15.4. The number of carbonyl (C=O) groups is 1. The Morgan fingerprint density at radius 3 is 2.41 bits per heavy atom. The third-order valence-electron chi connectivity index (χ3n) is 3.60. The van der Waals surface area contributed by atoms with Gasteiger partial charge in [0.1, 0.15) is 30.6 Å². The van der Waals surface area contributed by atoms with Crippen LogP contribution >= 0.6 is 0 Å². The Bertz CT molecular complexity index is 851. The lowest BCUT2D eigenvalue weighted by molar-refractivity contribution is -0.114. The molecule has 0 bridgehead atoms. The van der Waals surface area contributed by atoms with Gasteiger partial charge in [-0.05, 0) is 49.8 Å². The largest absolute Gasteiger partial charge is 0.490 e. The summed E-state index contributed by atoms with van der Waals surface area (Å²) >= 11 is 0. The second-order valence-corrected chi connectivity index (χ2v) is 5.68. The highest BCUT2D eigenvalue weighted by Gasteiger charge is 2.08. The monoisotopic (exact) mass is 366 g/mol. The smallest absolute Gasteiger partial charge is 0.259 e. The fraction of sp³-hybridized carbons (Fsp3) is 0.238. The van der Waals surface area contributed by atoms with Crippen molar-refractivity contribution in [1.29, 1.82) is 5.26 Å². The molecule has 0 aliphatic rings. The normalized spacial score (nSPS) is 10.8. The minimum Gasteiger partial charge on any atom is -0.490 e. The molecule has 0 saturated heterocycles. The van der Waals surface area contributed by atoms with Crippen molar-refractivity contribution in [3.8, 4) is 23.3 Å². The molecule has 0 aliphatic heterocycles. The summed E-state index contributed by atoms with van der Waals surface area (Å²) in [5.41, 5.74) is 6.83. The maximum Gasteiger partial charge on any atom is 0.259 e. The van der Waals surface area contributed by atoms with Crippen LogP contribution < -0.4 is 19.9 Å². The number of ether oxygens (including phenoxy) is 3. The van der Waals surface area contributed by atoms with Gasteiger partial charge in [-0.25, -0.2) is 0 Å². The summed E-state index contributed by atoms with van der Waals surface area (Å²) in [4.78, 5) is 11.2. The number of amides is 1. The molecule has 0 spiro atoms. The molecule has 0 saturated carbocycles. The van der Waals surface area contributed by atoms with E-state index in [-0.39, 0.29) is 5.57 Å². The molecule has 0 radical (unpaired) electrons. The Labute approximate surface area is 158 Å². The number of nitrogens with two attached hydrogens (primary N) is 1. The highest BCUT2D eigenvalue weighted by Crippen LogP contribution is 2.29. The highest BCUT2D eigenvalue weighted by molar-refractivity contribution is 6.00. The van der Waals surface area contributed by atoms with Crippen LogP contribution in [0.5, 0.6) is 17.2 Å². The van der Waals surface area contributed by atoms with Crippen LogP contribution in [0.3, 0.4) is 0 Å². The van der Waals surface area contributed by atoms with E-state index in [2.05, 4.69) is 0 Å². The summed E-state index contributed by atoms with van der Waals surface area (Å²) in [5, 5.41) is 8.95. The zero-order chi connectivity index (χ0) is 19.6. The molecule has 0 unspecified atom stereocenters. The Kier molecular flexibility index (Phi) is 7.26. The number of nitriles is 1. The quantitative estimate of drug-likeness (QED) is 0.418. The van der Waals surface area contributed by atoms with Gasteiger partial charge in [-0.3, -0.25) is 4.79 Å². The number of hydrogen-bond donors (Lipinski definition) is 1. The maximum atomic E-state index is 11.2. The SMILES string of the molecule is CCOc1cc(C=C(C#N)C(N)=O)ccc1OCCOc1ccc(C)cc1. The fourth-order valence-electron chi connectivity index (χ4n) is 2.27. The van der Waals surface area contributed by atoms with Crippen molar-refractivity contribution < 1.29 is 19.0 Å². The van der Waals surface area contributed by atoms with Crippen molar-refractivity contribution in [2.45, 2.75) is 13.8 Å². The molecule has 2 rings (SSSR count). The van der Waals surface area contributed by atoms with E-state index in [9.17, 15) is 4.79 Å². The van der Waals surface area contributed by atoms with Gasteiger partial charge >= 0.3 is 0 Å². The van der Waals surface area contributed by atoms with E-state index in [1.807, 2.05) is 38.1 Å². The molecule has 0 heterocycles. The van der Waals surface area contributed by atoms with Crippen molar-refractivity contribution in [3.05, 3.63) is 59.2 Å². The van der Waals surface area contributed by atoms with Gasteiger partial charge in [-0.15, -0.1) is 0 Å². The van der Waals surface area contributed by atoms with Gasteiger partial charge < -0.3 is 19.9 Å². The maximum absolute atomic E-state index is 11.2. The van der Waals surface area contributed by atoms with Crippen LogP contribution in [0.1, 0.15) is 18.1 Å². The van der Waals surface area contributed by atoms with Gasteiger partial charge in [0.05, 0.1) is 6.61 Å². The van der Waals surface area contributed by atoms with E-state index in [1.165, 1.54) is 11.6 Å². The summed E-state index contributed by atoms with van der Waals surface area (Å²) in [6.07, 6.45) is 1.41. The lowest BCUT2D eigenvalue weighted by Gasteiger charge is -2.13. The van der Waals surface area contributed by atoms with Crippen LogP contribution in [-0.2, 0) is 4.79 Å². The van der Waals surface area contributed by atoms with Crippen molar-refractivity contribution in [1.82, 2.24) is 0 Å². The fourth-order valence-corrected chi connectivity index (χ4v) is 2.27. The Hall–Kier alpha value is -3.46. The third kappa shape index (κ3) is 6.08. The van der Waals surface area contributed by atoms with Crippen molar-refractivity contribution in [2.75, 3.05) is 19.8 Å². The molecule has 0 aliphatic carbocycles. The van der Waals surface area contributed by atoms with E-state index in [0.717, 1.165) is 5.75 Å². The molecule has 6 heteroatoms. The molecular formula is C21H22N2O4. The predicted octanol–water partition coefficient (Wildman–Crippen LogP) is 3.24. The number of nitrogens with zero attached hydrogens (tertiary/aromatic N) is 1. The van der Waals surface area contributed by atoms with Crippen LogP contribution in [0.2, 0.25) is 0 Å². The summed E-state index contributed by atoms with van der Waals surface area (Å²) in [6, 6.07) is 14.7. The van der Waals surface area contributed by atoms with Crippen LogP contribution in [0.15, 0.2) is 48.0 Å². The predicted molar refractivity (Wildman–Crippen MR) is 103 cm³/mol. The van der Waals surface area contributed by atoms with E-state index in [0.29, 0.717) is 36.9 Å². The second-order valence-electron chi connectivity index (χ2n) is 5.68. The first-order valence-electron chi connectivity index (χ1n) is 8.54. The number of aryl methyl sites for hydroxylation is 1. The van der Waals surface area contributed by atoms with Gasteiger partial charge in [0.2, 0.25) is 0 Å². The first-order valence-corrected chi connectivity index (χ1v) is 8.54. The Morgan fingerprint density at radius 1 is 1.07 bits per heavy atom. The van der Waals surface area contributed by atoms with Crippen LogP contribution in [0.25, 0.3) is 6.08 Å². The van der Waals surface area contributed by atoms with Gasteiger partial charge in [0.25, 0.3) is 5.91 Å². The van der Waals surface area contributed by atoms with Crippen molar-refractivity contribution in [3.63, 3.8) is 0 Å². The minimum atomic E-state index is -0.774. The molecule has 2 aromatic carbocycles. The number of benzene rings is 2. The molecular weight excluding hydrogens is 344 g/mol. The van der Waals surface area contributed by atoms with Crippen LogP contribution in [0, 0.1) is 18.3 Å². The van der Waals surface area contributed by atoms with Crippen LogP contribution in [0.4, 0.5) is 0 Å². The molecule has 0 atom stereocenters. The number of rotatable bonds is 9. The summed E-state index contributed by atoms with van der Waals surface area (Å²) < 4.78 is 17.0. The molecule has 27 heavy (non-hydrogen) atoms. The van der Waals surface area contributed by atoms with Crippen molar-refractivity contribution >= 4 is 12.0 Å². The van der Waals surface area contributed by atoms with Crippen molar-refractivity contribution in [2.24, 2.45) is 5.73 Å². The van der Waals surface area contributed by atoms with E-state index >= 15 is 0 Å². The lowest BCUT2D eigenvalue weighted by atomic mass is 10.1. The van der Waals surface area contributed by atoms with E-state index in [1.54, 1.807) is 24.3 Å². The molecule has 140 valence electrons. The van der Waals surface area contributed by atoms with Gasteiger partial charge in [-0.1, -0.05) is 23.8 Å².